The maximum atomic E-state index is 13.8. The number of benzene rings is 2. The molecule has 3 atom stereocenters. The van der Waals surface area contributed by atoms with Gasteiger partial charge in [0.25, 0.3) is 5.91 Å². The van der Waals surface area contributed by atoms with Gasteiger partial charge < -0.3 is 14.2 Å². The fraction of sp³-hybridized carbons (Fsp3) is 0.391. The summed E-state index contributed by atoms with van der Waals surface area (Å²) in [5.41, 5.74) is 1.37. The van der Waals surface area contributed by atoms with Crippen LogP contribution in [0.2, 0.25) is 0 Å². The van der Waals surface area contributed by atoms with Crippen LogP contribution in [-0.2, 0) is 9.59 Å². The van der Waals surface area contributed by atoms with Crippen molar-refractivity contribution < 1.29 is 23.8 Å². The molecule has 2 aromatic carbocycles. The lowest BCUT2D eigenvalue weighted by Crippen LogP contribution is -2.44. The van der Waals surface area contributed by atoms with Gasteiger partial charge in [0.2, 0.25) is 5.91 Å². The first-order chi connectivity index (χ1) is 15.1. The van der Waals surface area contributed by atoms with E-state index in [9.17, 15) is 9.59 Å². The van der Waals surface area contributed by atoms with E-state index in [4.69, 9.17) is 14.2 Å². The van der Waals surface area contributed by atoms with Crippen molar-refractivity contribution in [3.63, 3.8) is 0 Å². The van der Waals surface area contributed by atoms with E-state index in [1.807, 2.05) is 24.3 Å². The Morgan fingerprint density at radius 1 is 0.806 bits per heavy atom. The van der Waals surface area contributed by atoms with Crippen molar-refractivity contribution in [2.24, 2.45) is 5.92 Å². The topological polar surface area (TPSA) is 71.6 Å². The van der Waals surface area contributed by atoms with E-state index in [1.165, 1.54) is 12.0 Å². The number of methoxy groups -OCH3 is 3. The van der Waals surface area contributed by atoms with Crippen LogP contribution in [0, 0.1) is 5.92 Å². The third-order valence-corrected chi connectivity index (χ3v) is 6.49. The van der Waals surface area contributed by atoms with E-state index >= 15 is 0 Å². The molecule has 3 aliphatic heterocycles. The predicted octanol–water partition coefficient (Wildman–Crippen LogP) is 2.25. The molecule has 8 heteroatoms. The van der Waals surface area contributed by atoms with Gasteiger partial charge in [-0.2, -0.15) is 0 Å². The van der Waals surface area contributed by atoms with Crippen LogP contribution >= 0.6 is 0 Å². The van der Waals surface area contributed by atoms with Crippen LogP contribution in [0.15, 0.2) is 42.5 Å². The second-order valence-corrected chi connectivity index (χ2v) is 7.89. The van der Waals surface area contributed by atoms with Crippen LogP contribution in [0.5, 0.6) is 17.2 Å². The summed E-state index contributed by atoms with van der Waals surface area (Å²) in [6.07, 6.45) is 0.947. The Morgan fingerprint density at radius 3 is 2.23 bits per heavy atom. The number of rotatable bonds is 5. The van der Waals surface area contributed by atoms with E-state index in [0.717, 1.165) is 30.8 Å². The van der Waals surface area contributed by atoms with Gasteiger partial charge in [-0.3, -0.25) is 9.59 Å². The summed E-state index contributed by atoms with van der Waals surface area (Å²) in [5.74, 6) is 0.786. The first-order valence-electron chi connectivity index (χ1n) is 10.4. The van der Waals surface area contributed by atoms with E-state index in [1.54, 1.807) is 32.4 Å². The first-order valence-corrected chi connectivity index (χ1v) is 10.4. The molecular formula is C23H25N3O5. The van der Waals surface area contributed by atoms with Crippen LogP contribution in [-0.4, -0.2) is 62.3 Å². The molecule has 3 fully saturated rings. The molecule has 3 saturated heterocycles. The normalized spacial score (nSPS) is 25.6. The number of hydrogen-bond acceptors (Lipinski definition) is 7. The summed E-state index contributed by atoms with van der Waals surface area (Å²) in [7, 11) is 4.71. The van der Waals surface area contributed by atoms with Crippen LogP contribution < -0.4 is 19.1 Å². The zero-order valence-corrected chi connectivity index (χ0v) is 17.8. The molecule has 8 nitrogen and oxygen atoms in total. The van der Waals surface area contributed by atoms with Crippen LogP contribution in [0.1, 0.15) is 18.0 Å². The Hall–Kier alpha value is -3.10. The zero-order valence-electron chi connectivity index (χ0n) is 17.8. The van der Waals surface area contributed by atoms with Gasteiger partial charge in [-0.05, 0) is 24.6 Å². The first kappa shape index (κ1) is 19.8. The second-order valence-electron chi connectivity index (χ2n) is 7.89. The van der Waals surface area contributed by atoms with Crippen molar-refractivity contribution >= 4 is 17.5 Å². The molecule has 2 amide bonds. The molecule has 0 aliphatic carbocycles. The van der Waals surface area contributed by atoms with Gasteiger partial charge in [0.05, 0.1) is 39.0 Å². The molecule has 2 aromatic rings. The highest BCUT2D eigenvalue weighted by molar-refractivity contribution is 6.24. The summed E-state index contributed by atoms with van der Waals surface area (Å²) >= 11 is 0. The quantitative estimate of drug-likeness (QED) is 0.683. The SMILES string of the molecule is COc1ccc(N2C(=O)[C@@H]3[C@@H](C2=O)N2CCCN2[C@H]3c2ccccc2OC)c(OC)c1. The van der Waals surface area contributed by atoms with Gasteiger partial charge in [-0.15, -0.1) is 0 Å². The molecule has 5 rings (SSSR count). The van der Waals surface area contributed by atoms with E-state index < -0.39 is 12.0 Å². The van der Waals surface area contributed by atoms with Gasteiger partial charge in [0.15, 0.2) is 0 Å². The number of amides is 2. The fourth-order valence-electron chi connectivity index (χ4n) is 5.21. The number of carbonyl (C=O) groups excluding carboxylic acids is 2. The number of ether oxygens (including phenoxy) is 3. The van der Waals surface area contributed by atoms with E-state index in [0.29, 0.717) is 17.2 Å². The Kier molecular flexibility index (Phi) is 4.83. The average molecular weight is 423 g/mol. The van der Waals surface area contributed by atoms with Gasteiger partial charge in [-0.1, -0.05) is 18.2 Å². The summed E-state index contributed by atoms with van der Waals surface area (Å²) in [6.45, 7) is 1.56. The van der Waals surface area contributed by atoms with Gasteiger partial charge in [0.1, 0.15) is 23.3 Å². The minimum Gasteiger partial charge on any atom is -0.497 e. The molecule has 0 unspecified atom stereocenters. The van der Waals surface area contributed by atoms with Gasteiger partial charge >= 0.3 is 0 Å². The maximum absolute atomic E-state index is 13.8. The number of hydrazine groups is 1. The lowest BCUT2D eigenvalue weighted by Gasteiger charge is -2.30. The largest absolute Gasteiger partial charge is 0.497 e. The van der Waals surface area contributed by atoms with Crippen molar-refractivity contribution in [3.8, 4) is 17.2 Å². The Morgan fingerprint density at radius 2 is 1.52 bits per heavy atom. The van der Waals surface area contributed by atoms with Crippen molar-refractivity contribution in [3.05, 3.63) is 48.0 Å². The molecule has 0 bridgehead atoms. The maximum Gasteiger partial charge on any atom is 0.253 e. The molecule has 3 aliphatic rings. The molecule has 3 heterocycles. The van der Waals surface area contributed by atoms with Gasteiger partial charge in [0, 0.05) is 24.7 Å². The zero-order chi connectivity index (χ0) is 21.7. The highest BCUT2D eigenvalue weighted by atomic mass is 16.5. The molecule has 0 aromatic heterocycles. The fourth-order valence-corrected chi connectivity index (χ4v) is 5.21. The summed E-state index contributed by atoms with van der Waals surface area (Å²) in [6, 6.07) is 12.1. The lowest BCUT2D eigenvalue weighted by molar-refractivity contribution is -0.126. The van der Waals surface area contributed by atoms with Crippen LogP contribution in [0.25, 0.3) is 0 Å². The van der Waals surface area contributed by atoms with Crippen molar-refractivity contribution in [1.82, 2.24) is 10.0 Å². The predicted molar refractivity (Wildman–Crippen MR) is 113 cm³/mol. The minimum atomic E-state index is -0.531. The monoisotopic (exact) mass is 423 g/mol. The summed E-state index contributed by atoms with van der Waals surface area (Å²) in [4.78, 5) is 28.7. The lowest BCUT2D eigenvalue weighted by atomic mass is 9.89. The van der Waals surface area contributed by atoms with Crippen LogP contribution in [0.3, 0.4) is 0 Å². The number of fused-ring (bicyclic) bond motifs is 3. The van der Waals surface area contributed by atoms with Crippen molar-refractivity contribution in [2.45, 2.75) is 18.5 Å². The van der Waals surface area contributed by atoms with Crippen molar-refractivity contribution in [2.75, 3.05) is 39.3 Å². The molecule has 0 spiro atoms. The standard InChI is InChI=1S/C23H25N3O5/c1-29-14-9-10-16(18(13-14)31-3)26-22(27)19-20(15-7-4-5-8-17(15)30-2)24-11-6-12-25(24)21(19)23(26)28/h4-5,7-10,13,19-21H,6,11-12H2,1-3H3/t19-,20-,21-/m0/s1. The van der Waals surface area contributed by atoms with Crippen molar-refractivity contribution in [1.29, 1.82) is 0 Å². The number of nitrogens with zero attached hydrogens (tertiary/aromatic N) is 3. The summed E-state index contributed by atoms with van der Waals surface area (Å²) in [5, 5.41) is 4.24. The van der Waals surface area contributed by atoms with Gasteiger partial charge in [-0.25, -0.2) is 14.9 Å². The van der Waals surface area contributed by atoms with E-state index in [-0.39, 0.29) is 17.9 Å². The Balaban J connectivity index is 1.60. The number of carbonyl (C=O) groups is 2. The summed E-state index contributed by atoms with van der Waals surface area (Å²) < 4.78 is 16.3. The second kappa shape index (κ2) is 7.55. The molecule has 162 valence electrons. The molecule has 0 saturated carbocycles. The molecule has 31 heavy (non-hydrogen) atoms. The third kappa shape index (κ3) is 2.82. The number of anilines is 1. The van der Waals surface area contributed by atoms with E-state index in [2.05, 4.69) is 10.0 Å². The molecule has 0 radical (unpaired) electrons. The number of para-hydroxylation sites is 1. The highest BCUT2D eigenvalue weighted by Crippen LogP contribution is 2.51. The molecule has 0 N–H and O–H groups in total. The number of hydrogen-bond donors (Lipinski definition) is 0. The number of imide groups is 1. The van der Waals surface area contributed by atoms with Crippen LogP contribution in [0.4, 0.5) is 5.69 Å². The Labute approximate surface area is 180 Å². The highest BCUT2D eigenvalue weighted by Gasteiger charge is 2.63. The smallest absolute Gasteiger partial charge is 0.253 e. The Bertz CT molecular complexity index is 1040. The third-order valence-electron chi connectivity index (χ3n) is 6.49. The minimum absolute atomic E-state index is 0.219. The molecular weight excluding hydrogens is 398 g/mol. The average Bonchev–Trinajstić information content (AvgIpc) is 3.45.